The third-order valence-electron chi connectivity index (χ3n) is 3.54. The number of ketones is 1. The van der Waals surface area contributed by atoms with Crippen molar-refractivity contribution in [2.75, 3.05) is 12.9 Å². The van der Waals surface area contributed by atoms with E-state index in [-0.39, 0.29) is 16.6 Å². The van der Waals surface area contributed by atoms with Gasteiger partial charge in [-0.2, -0.15) is 11.8 Å². The molecule has 1 unspecified atom stereocenters. The Labute approximate surface area is 100 Å². The summed E-state index contributed by atoms with van der Waals surface area (Å²) in [6.07, 6.45) is 5.56. The van der Waals surface area contributed by atoms with Crippen LogP contribution < -0.4 is 0 Å². The smallest absolute Gasteiger partial charge is 0.306 e. The first-order chi connectivity index (χ1) is 7.65. The lowest BCUT2D eigenvalue weighted by molar-refractivity contribution is -0.141. The van der Waals surface area contributed by atoms with E-state index in [2.05, 4.69) is 0 Å². The van der Waals surface area contributed by atoms with Crippen molar-refractivity contribution in [3.63, 3.8) is 0 Å². The van der Waals surface area contributed by atoms with Crippen LogP contribution in [0.2, 0.25) is 0 Å². The number of hydrogen-bond donors (Lipinski definition) is 0. The SMILES string of the molecule is COC(=O)CC1(CSC2CCCC2=O)CC1. The van der Waals surface area contributed by atoms with Crippen molar-refractivity contribution in [3.8, 4) is 0 Å². The first kappa shape index (κ1) is 12.0. The molecule has 0 aromatic rings. The van der Waals surface area contributed by atoms with Crippen LogP contribution in [0.5, 0.6) is 0 Å². The fourth-order valence-electron chi connectivity index (χ4n) is 2.16. The molecule has 3 nitrogen and oxygen atoms in total. The van der Waals surface area contributed by atoms with Gasteiger partial charge >= 0.3 is 5.97 Å². The predicted molar refractivity (Wildman–Crippen MR) is 63.4 cm³/mol. The summed E-state index contributed by atoms with van der Waals surface area (Å²) in [5, 5.41) is 0.204. The van der Waals surface area contributed by atoms with E-state index in [1.807, 2.05) is 0 Å². The highest BCUT2D eigenvalue weighted by atomic mass is 32.2. The van der Waals surface area contributed by atoms with Crippen LogP contribution in [0.4, 0.5) is 0 Å². The Morgan fingerprint density at radius 3 is 2.81 bits per heavy atom. The maximum atomic E-state index is 11.5. The van der Waals surface area contributed by atoms with Gasteiger partial charge in [-0.05, 0) is 31.1 Å². The molecule has 2 aliphatic carbocycles. The Morgan fingerprint density at radius 2 is 2.31 bits per heavy atom. The van der Waals surface area contributed by atoms with Crippen molar-refractivity contribution >= 4 is 23.5 Å². The van der Waals surface area contributed by atoms with Gasteiger partial charge in [-0.3, -0.25) is 9.59 Å². The van der Waals surface area contributed by atoms with E-state index >= 15 is 0 Å². The molecule has 2 fully saturated rings. The molecule has 0 radical (unpaired) electrons. The molecule has 2 rings (SSSR count). The number of carbonyl (C=O) groups is 2. The van der Waals surface area contributed by atoms with E-state index < -0.39 is 0 Å². The van der Waals surface area contributed by atoms with Crippen molar-refractivity contribution in [3.05, 3.63) is 0 Å². The molecule has 90 valence electrons. The van der Waals surface area contributed by atoms with Crippen LogP contribution >= 0.6 is 11.8 Å². The number of thioether (sulfide) groups is 1. The Morgan fingerprint density at radius 1 is 1.56 bits per heavy atom. The lowest BCUT2D eigenvalue weighted by Crippen LogP contribution is -2.17. The molecular formula is C12H18O3S. The topological polar surface area (TPSA) is 43.4 Å². The van der Waals surface area contributed by atoms with E-state index in [1.54, 1.807) is 11.8 Å². The summed E-state index contributed by atoms with van der Waals surface area (Å²) < 4.78 is 4.70. The molecule has 0 saturated heterocycles. The minimum atomic E-state index is -0.115. The number of esters is 1. The number of ether oxygens (including phenoxy) is 1. The second-order valence-corrected chi connectivity index (χ2v) is 6.10. The average Bonchev–Trinajstić information content (AvgIpc) is 2.91. The molecule has 0 aliphatic heterocycles. The standard InChI is InChI=1S/C12H18O3S/c1-15-11(14)7-12(5-6-12)8-16-10-4-2-3-9(10)13/h10H,2-8H2,1H3. The number of carbonyl (C=O) groups excluding carboxylic acids is 2. The van der Waals surface area contributed by atoms with Crippen molar-refractivity contribution in [1.82, 2.24) is 0 Å². The zero-order chi connectivity index (χ0) is 11.6. The molecule has 0 heterocycles. The Hall–Kier alpha value is -0.510. The van der Waals surface area contributed by atoms with Crippen LogP contribution in [0.1, 0.15) is 38.5 Å². The van der Waals surface area contributed by atoms with Crippen LogP contribution in [-0.2, 0) is 14.3 Å². The Kier molecular flexibility index (Phi) is 3.57. The summed E-state index contributed by atoms with van der Waals surface area (Å²) in [5.41, 5.74) is 0.153. The molecule has 0 bridgehead atoms. The number of methoxy groups -OCH3 is 1. The number of hydrogen-bond acceptors (Lipinski definition) is 4. The van der Waals surface area contributed by atoms with E-state index in [4.69, 9.17) is 4.74 Å². The van der Waals surface area contributed by atoms with E-state index in [0.29, 0.717) is 12.2 Å². The van der Waals surface area contributed by atoms with Gasteiger partial charge < -0.3 is 4.74 Å². The fourth-order valence-corrected chi connectivity index (χ4v) is 3.75. The zero-order valence-corrected chi connectivity index (χ0v) is 10.5. The second kappa shape index (κ2) is 4.78. The number of rotatable bonds is 5. The van der Waals surface area contributed by atoms with Crippen LogP contribution in [0.25, 0.3) is 0 Å². The van der Waals surface area contributed by atoms with E-state index in [1.165, 1.54) is 7.11 Å². The van der Waals surface area contributed by atoms with Crippen molar-refractivity contribution in [2.24, 2.45) is 5.41 Å². The molecule has 2 aliphatic rings. The van der Waals surface area contributed by atoms with Crippen molar-refractivity contribution < 1.29 is 14.3 Å². The lowest BCUT2D eigenvalue weighted by Gasteiger charge is -2.15. The summed E-state index contributed by atoms with van der Waals surface area (Å²) in [5.74, 6) is 1.23. The molecule has 2 saturated carbocycles. The third kappa shape index (κ3) is 2.78. The van der Waals surface area contributed by atoms with Gasteiger partial charge in [-0.15, -0.1) is 0 Å². The molecule has 0 aromatic heterocycles. The summed E-state index contributed by atoms with van der Waals surface area (Å²) in [6, 6.07) is 0. The summed E-state index contributed by atoms with van der Waals surface area (Å²) in [4.78, 5) is 22.7. The molecule has 4 heteroatoms. The lowest BCUT2D eigenvalue weighted by atomic mass is 10.1. The first-order valence-corrected chi connectivity index (χ1v) is 6.91. The summed E-state index contributed by atoms with van der Waals surface area (Å²) >= 11 is 1.76. The van der Waals surface area contributed by atoms with Gasteiger partial charge in [0, 0.05) is 12.2 Å². The van der Waals surface area contributed by atoms with Gasteiger partial charge in [-0.1, -0.05) is 0 Å². The molecule has 0 amide bonds. The molecule has 16 heavy (non-hydrogen) atoms. The zero-order valence-electron chi connectivity index (χ0n) is 9.66. The van der Waals surface area contributed by atoms with Gasteiger partial charge in [0.1, 0.15) is 5.78 Å². The van der Waals surface area contributed by atoms with Gasteiger partial charge in [0.15, 0.2) is 0 Å². The summed E-state index contributed by atoms with van der Waals surface area (Å²) in [7, 11) is 1.44. The fraction of sp³-hybridized carbons (Fsp3) is 0.833. The maximum absolute atomic E-state index is 11.5. The molecule has 1 atom stereocenters. The van der Waals surface area contributed by atoms with Gasteiger partial charge in [-0.25, -0.2) is 0 Å². The molecule has 0 spiro atoms. The van der Waals surface area contributed by atoms with Gasteiger partial charge in [0.05, 0.1) is 18.8 Å². The maximum Gasteiger partial charge on any atom is 0.306 e. The van der Waals surface area contributed by atoms with E-state index in [9.17, 15) is 9.59 Å². The Bertz CT molecular complexity index is 297. The minimum Gasteiger partial charge on any atom is -0.469 e. The van der Waals surface area contributed by atoms with Crippen LogP contribution in [0.3, 0.4) is 0 Å². The monoisotopic (exact) mass is 242 g/mol. The molecule has 0 N–H and O–H groups in total. The molecule has 0 aromatic carbocycles. The second-order valence-electron chi connectivity index (χ2n) is 4.91. The molecular weight excluding hydrogens is 224 g/mol. The summed E-state index contributed by atoms with van der Waals surface area (Å²) in [6.45, 7) is 0. The highest BCUT2D eigenvalue weighted by Crippen LogP contribution is 2.52. The van der Waals surface area contributed by atoms with Crippen molar-refractivity contribution in [2.45, 2.75) is 43.8 Å². The quantitative estimate of drug-likeness (QED) is 0.693. The highest BCUT2D eigenvalue weighted by molar-refractivity contribution is 8.00. The van der Waals surface area contributed by atoms with Crippen molar-refractivity contribution in [1.29, 1.82) is 0 Å². The highest BCUT2D eigenvalue weighted by Gasteiger charge is 2.45. The predicted octanol–water partition coefficient (Wildman–Crippen LogP) is 2.18. The number of Topliss-reactive ketones (excluding diaryl/α,β-unsaturated/α-hetero) is 1. The largest absolute Gasteiger partial charge is 0.469 e. The van der Waals surface area contributed by atoms with Gasteiger partial charge in [0.2, 0.25) is 0 Å². The average molecular weight is 242 g/mol. The third-order valence-corrected chi connectivity index (χ3v) is 5.22. The minimum absolute atomic E-state index is 0.115. The van der Waals surface area contributed by atoms with Crippen LogP contribution in [-0.4, -0.2) is 29.9 Å². The normalized spacial score (nSPS) is 26.8. The van der Waals surface area contributed by atoms with Gasteiger partial charge in [0.25, 0.3) is 0 Å². The Balaban J connectivity index is 1.76. The van der Waals surface area contributed by atoms with Crippen LogP contribution in [0, 0.1) is 5.41 Å². The van der Waals surface area contributed by atoms with E-state index in [0.717, 1.165) is 37.9 Å². The van der Waals surface area contributed by atoms with Crippen LogP contribution in [0.15, 0.2) is 0 Å². The first-order valence-electron chi connectivity index (χ1n) is 5.86.